The number of ether oxygens (including phenoxy) is 1. The Hall–Kier alpha value is -3.02. The van der Waals surface area contributed by atoms with Crippen molar-refractivity contribution in [3.63, 3.8) is 0 Å². The Balaban J connectivity index is 1.55. The molecule has 1 heterocycles. The van der Waals surface area contributed by atoms with Gasteiger partial charge in [-0.3, -0.25) is 4.79 Å². The van der Waals surface area contributed by atoms with Crippen LogP contribution in [0, 0.1) is 0 Å². The van der Waals surface area contributed by atoms with E-state index >= 15 is 0 Å². The predicted octanol–water partition coefficient (Wildman–Crippen LogP) is 3.18. The quantitative estimate of drug-likeness (QED) is 0.867. The number of anilines is 1. The van der Waals surface area contributed by atoms with Crippen molar-refractivity contribution in [2.75, 3.05) is 19.0 Å². The van der Waals surface area contributed by atoms with E-state index in [1.807, 2.05) is 42.2 Å². The van der Waals surface area contributed by atoms with Gasteiger partial charge in [-0.2, -0.15) is 0 Å². The maximum Gasteiger partial charge on any atom is 0.319 e. The number of carbonyl (C=O) groups is 2. The molecule has 1 saturated heterocycles. The Kier molecular flexibility index (Phi) is 5.41. The molecule has 1 aliphatic heterocycles. The number of nitrogens with one attached hydrogen (secondary N) is 2. The van der Waals surface area contributed by atoms with E-state index in [0.717, 1.165) is 11.3 Å². The van der Waals surface area contributed by atoms with Gasteiger partial charge in [-0.05, 0) is 36.8 Å². The van der Waals surface area contributed by atoms with Gasteiger partial charge >= 0.3 is 6.03 Å². The van der Waals surface area contributed by atoms with Crippen LogP contribution in [-0.4, -0.2) is 36.5 Å². The molecule has 26 heavy (non-hydrogen) atoms. The highest BCUT2D eigenvalue weighted by Crippen LogP contribution is 2.25. The normalized spacial score (nSPS) is 17.7. The van der Waals surface area contributed by atoms with Crippen molar-refractivity contribution in [1.82, 2.24) is 10.2 Å². The summed E-state index contributed by atoms with van der Waals surface area (Å²) in [6.45, 7) is 2.51. The number of rotatable bonds is 5. The fraction of sp³-hybridized carbons (Fsp3) is 0.300. The molecule has 6 nitrogen and oxygen atoms in total. The van der Waals surface area contributed by atoms with Gasteiger partial charge in [-0.1, -0.05) is 30.3 Å². The number of nitrogens with zero attached hydrogens (tertiary/aromatic N) is 1. The summed E-state index contributed by atoms with van der Waals surface area (Å²) in [6.07, 6.45) is 0.313. The highest BCUT2D eigenvalue weighted by Gasteiger charge is 2.33. The molecule has 0 saturated carbocycles. The van der Waals surface area contributed by atoms with Crippen LogP contribution in [0.5, 0.6) is 5.75 Å². The lowest BCUT2D eigenvalue weighted by molar-refractivity contribution is -0.129. The SMILES string of the molecule is COc1ccc(NC(=O)NC2CC(=O)N(C(C)c3ccccc3)C2)cc1. The zero-order chi connectivity index (χ0) is 18.5. The monoisotopic (exact) mass is 353 g/mol. The summed E-state index contributed by atoms with van der Waals surface area (Å²) in [7, 11) is 1.59. The van der Waals surface area contributed by atoms with Crippen molar-refractivity contribution in [1.29, 1.82) is 0 Å². The van der Waals surface area contributed by atoms with Gasteiger partial charge in [0.2, 0.25) is 5.91 Å². The van der Waals surface area contributed by atoms with Gasteiger partial charge in [0.05, 0.1) is 19.2 Å². The second kappa shape index (κ2) is 7.91. The zero-order valence-corrected chi connectivity index (χ0v) is 14.9. The highest BCUT2D eigenvalue weighted by atomic mass is 16.5. The molecule has 0 spiro atoms. The first-order valence-corrected chi connectivity index (χ1v) is 8.63. The zero-order valence-electron chi connectivity index (χ0n) is 14.9. The first-order valence-electron chi connectivity index (χ1n) is 8.63. The van der Waals surface area contributed by atoms with Crippen molar-refractivity contribution in [2.24, 2.45) is 0 Å². The minimum absolute atomic E-state index is 0.0138. The van der Waals surface area contributed by atoms with Crippen molar-refractivity contribution >= 4 is 17.6 Å². The molecule has 0 aliphatic carbocycles. The topological polar surface area (TPSA) is 70.7 Å². The Morgan fingerprint density at radius 3 is 2.50 bits per heavy atom. The third-order valence-corrected chi connectivity index (χ3v) is 4.59. The predicted molar refractivity (Wildman–Crippen MR) is 100 cm³/mol. The molecular formula is C20H23N3O3. The minimum Gasteiger partial charge on any atom is -0.497 e. The number of urea groups is 1. The van der Waals surface area contributed by atoms with Crippen LogP contribution >= 0.6 is 0 Å². The average Bonchev–Trinajstić information content (AvgIpc) is 3.02. The van der Waals surface area contributed by atoms with Gasteiger partial charge in [0.1, 0.15) is 5.75 Å². The number of hydrogen-bond acceptors (Lipinski definition) is 3. The number of amides is 3. The third-order valence-electron chi connectivity index (χ3n) is 4.59. The molecule has 0 radical (unpaired) electrons. The van der Waals surface area contributed by atoms with Crippen molar-refractivity contribution in [2.45, 2.75) is 25.4 Å². The van der Waals surface area contributed by atoms with Gasteiger partial charge < -0.3 is 20.3 Å². The summed E-state index contributed by atoms with van der Waals surface area (Å²) in [6, 6.07) is 16.4. The molecule has 2 N–H and O–H groups in total. The van der Waals surface area contributed by atoms with Crippen molar-refractivity contribution < 1.29 is 14.3 Å². The Bertz CT molecular complexity index is 762. The number of benzene rings is 2. The lowest BCUT2D eigenvalue weighted by atomic mass is 10.1. The summed E-state index contributed by atoms with van der Waals surface area (Å²) < 4.78 is 5.09. The summed E-state index contributed by atoms with van der Waals surface area (Å²) in [5.74, 6) is 0.777. The number of methoxy groups -OCH3 is 1. The Morgan fingerprint density at radius 2 is 1.85 bits per heavy atom. The molecule has 136 valence electrons. The van der Waals surface area contributed by atoms with Gasteiger partial charge in [0.25, 0.3) is 0 Å². The molecule has 1 fully saturated rings. The van der Waals surface area contributed by atoms with E-state index in [4.69, 9.17) is 4.74 Å². The lowest BCUT2D eigenvalue weighted by Gasteiger charge is -2.25. The van der Waals surface area contributed by atoms with Crippen LogP contribution in [0.1, 0.15) is 24.9 Å². The molecule has 1 aliphatic rings. The fourth-order valence-corrected chi connectivity index (χ4v) is 3.14. The molecule has 0 aromatic heterocycles. The van der Waals surface area contributed by atoms with Crippen LogP contribution in [0.3, 0.4) is 0 Å². The third kappa shape index (κ3) is 4.14. The van der Waals surface area contributed by atoms with Crippen LogP contribution in [-0.2, 0) is 4.79 Å². The standard InChI is InChI=1S/C20H23N3O3/c1-14(15-6-4-3-5-7-15)23-13-17(12-19(23)24)22-20(25)21-16-8-10-18(26-2)11-9-16/h3-11,14,17H,12-13H2,1-2H3,(H2,21,22,25). The van der Waals surface area contributed by atoms with Crippen molar-refractivity contribution in [3.8, 4) is 5.75 Å². The Morgan fingerprint density at radius 1 is 1.15 bits per heavy atom. The maximum absolute atomic E-state index is 12.4. The molecular weight excluding hydrogens is 330 g/mol. The molecule has 3 rings (SSSR count). The molecule has 6 heteroatoms. The lowest BCUT2D eigenvalue weighted by Crippen LogP contribution is -2.40. The van der Waals surface area contributed by atoms with E-state index in [-0.39, 0.29) is 24.0 Å². The highest BCUT2D eigenvalue weighted by molar-refractivity contribution is 5.90. The molecule has 2 atom stereocenters. The van der Waals surface area contributed by atoms with E-state index in [9.17, 15) is 9.59 Å². The van der Waals surface area contributed by atoms with Gasteiger partial charge in [-0.15, -0.1) is 0 Å². The van der Waals surface area contributed by atoms with Gasteiger partial charge in [-0.25, -0.2) is 4.79 Å². The van der Waals surface area contributed by atoms with E-state index in [2.05, 4.69) is 10.6 Å². The minimum atomic E-state index is -0.317. The van der Waals surface area contributed by atoms with Gasteiger partial charge in [0.15, 0.2) is 0 Å². The largest absolute Gasteiger partial charge is 0.497 e. The van der Waals surface area contributed by atoms with Crippen LogP contribution in [0.4, 0.5) is 10.5 Å². The number of carbonyl (C=O) groups excluding carboxylic acids is 2. The molecule has 0 bridgehead atoms. The Labute approximate surface area is 153 Å². The molecule has 3 amide bonds. The maximum atomic E-state index is 12.4. The fourth-order valence-electron chi connectivity index (χ4n) is 3.14. The van der Waals surface area contributed by atoms with E-state index < -0.39 is 0 Å². The summed E-state index contributed by atoms with van der Waals surface area (Å²) in [5.41, 5.74) is 1.76. The second-order valence-electron chi connectivity index (χ2n) is 6.36. The second-order valence-corrected chi connectivity index (χ2v) is 6.36. The van der Waals surface area contributed by atoms with Crippen LogP contribution in [0.2, 0.25) is 0 Å². The average molecular weight is 353 g/mol. The first-order chi connectivity index (χ1) is 12.6. The van der Waals surface area contributed by atoms with E-state index in [1.165, 1.54) is 0 Å². The number of hydrogen-bond donors (Lipinski definition) is 2. The first kappa shape index (κ1) is 17.8. The summed E-state index contributed by atoms with van der Waals surface area (Å²) in [4.78, 5) is 26.4. The van der Waals surface area contributed by atoms with Crippen LogP contribution in [0.15, 0.2) is 54.6 Å². The summed E-state index contributed by atoms with van der Waals surface area (Å²) in [5, 5.41) is 5.65. The van der Waals surface area contributed by atoms with Crippen molar-refractivity contribution in [3.05, 3.63) is 60.2 Å². The smallest absolute Gasteiger partial charge is 0.319 e. The summed E-state index contributed by atoms with van der Waals surface area (Å²) >= 11 is 0. The number of likely N-dealkylation sites (tertiary alicyclic amines) is 1. The van der Waals surface area contributed by atoms with Gasteiger partial charge in [0, 0.05) is 18.7 Å². The molecule has 2 aromatic rings. The van der Waals surface area contributed by atoms with E-state index in [1.54, 1.807) is 31.4 Å². The molecule has 2 aromatic carbocycles. The van der Waals surface area contributed by atoms with Crippen LogP contribution in [0.25, 0.3) is 0 Å². The molecule has 2 unspecified atom stereocenters. The van der Waals surface area contributed by atoms with E-state index in [0.29, 0.717) is 18.7 Å². The van der Waals surface area contributed by atoms with Crippen LogP contribution < -0.4 is 15.4 Å².